The Morgan fingerprint density at radius 2 is 1.83 bits per heavy atom. The van der Waals surface area contributed by atoms with E-state index in [9.17, 15) is 4.79 Å². The van der Waals surface area contributed by atoms with Crippen LogP contribution in [-0.4, -0.2) is 62.8 Å². The van der Waals surface area contributed by atoms with E-state index in [0.717, 1.165) is 0 Å². The van der Waals surface area contributed by atoms with Crippen LogP contribution in [0.5, 0.6) is 0 Å². The minimum atomic E-state index is -3.30. The second-order valence-corrected chi connectivity index (χ2v) is 2.02. The molecule has 0 amide bonds. The first-order chi connectivity index (χ1) is 6.20. The van der Waals surface area contributed by atoms with Gasteiger partial charge >= 0.3 is 0 Å². The fraction of sp³-hybridized carbons (Fsp3) is 0.833. The summed E-state index contributed by atoms with van der Waals surface area (Å²) in [4.78, 5) is 10.7. The standard InChI is InChI=1S/C6H12O6/c7-1-3(9)5(11)6(12)4(10)2-8/h3,5-9,11-12H,1-2H2/t3-,5-,6-/m1/s1/i3D,5D. The molecule has 3 atom stereocenters. The summed E-state index contributed by atoms with van der Waals surface area (Å²) >= 11 is 0. The molecule has 0 saturated carbocycles. The third-order valence-electron chi connectivity index (χ3n) is 1.17. The highest BCUT2D eigenvalue weighted by molar-refractivity contribution is 5.84. The van der Waals surface area contributed by atoms with Gasteiger partial charge in [0, 0.05) is 0 Å². The molecule has 6 heteroatoms. The highest BCUT2D eigenvalue weighted by Gasteiger charge is 2.28. The van der Waals surface area contributed by atoms with Gasteiger partial charge in [-0.25, -0.2) is 0 Å². The van der Waals surface area contributed by atoms with Gasteiger partial charge in [-0.1, -0.05) is 0 Å². The first kappa shape index (κ1) is 8.09. The molecule has 0 spiro atoms. The Morgan fingerprint density at radius 1 is 1.33 bits per heavy atom. The number of ketones is 1. The lowest BCUT2D eigenvalue weighted by molar-refractivity contribution is -0.142. The van der Waals surface area contributed by atoms with Crippen LogP contribution in [-0.2, 0) is 4.79 Å². The summed E-state index contributed by atoms with van der Waals surface area (Å²) in [6.45, 7) is -2.49. The van der Waals surface area contributed by atoms with E-state index < -0.39 is 37.3 Å². The van der Waals surface area contributed by atoms with Crippen LogP contribution in [0.1, 0.15) is 2.74 Å². The number of carbonyl (C=O) groups is 1. The van der Waals surface area contributed by atoms with E-state index >= 15 is 0 Å². The van der Waals surface area contributed by atoms with Crippen molar-refractivity contribution in [2.24, 2.45) is 0 Å². The molecule has 0 aliphatic rings. The van der Waals surface area contributed by atoms with E-state index in [1.807, 2.05) is 0 Å². The van der Waals surface area contributed by atoms with Crippen molar-refractivity contribution in [2.45, 2.75) is 18.3 Å². The summed E-state index contributed by atoms with van der Waals surface area (Å²) in [5.74, 6) is -1.33. The Morgan fingerprint density at radius 3 is 2.17 bits per heavy atom. The van der Waals surface area contributed by atoms with E-state index in [4.69, 9.17) is 28.3 Å². The topological polar surface area (TPSA) is 118 Å². The third kappa shape index (κ3) is 2.84. The molecule has 0 aromatic rings. The Balaban J connectivity index is 4.85. The summed E-state index contributed by atoms with van der Waals surface area (Å²) in [6.07, 6.45) is -8.89. The summed E-state index contributed by atoms with van der Waals surface area (Å²) in [7, 11) is 0. The van der Waals surface area contributed by atoms with Crippen molar-refractivity contribution in [3.05, 3.63) is 0 Å². The molecule has 0 fully saturated rings. The van der Waals surface area contributed by atoms with Crippen molar-refractivity contribution < 1.29 is 33.1 Å². The predicted molar refractivity (Wildman–Crippen MR) is 37.2 cm³/mol. The minimum Gasteiger partial charge on any atom is -0.394 e. The molecule has 0 aromatic carbocycles. The summed E-state index contributed by atoms with van der Waals surface area (Å²) < 4.78 is 13.8. The van der Waals surface area contributed by atoms with Gasteiger partial charge in [0.1, 0.15) is 24.9 Å². The number of aliphatic hydroxyl groups excluding tert-OH is 3. The Kier molecular flexibility index (Phi) is 3.49. The van der Waals surface area contributed by atoms with Gasteiger partial charge in [0.2, 0.25) is 0 Å². The number of Topliss-reactive ketones (excluding diaryl/α,β-unsaturated/α-hetero) is 1. The zero-order chi connectivity index (χ0) is 11.6. The summed E-state index contributed by atoms with van der Waals surface area (Å²) in [5.41, 5.74) is 0. The first-order valence-electron chi connectivity index (χ1n) is 4.08. The molecule has 6 nitrogen and oxygen atoms in total. The highest BCUT2D eigenvalue weighted by atomic mass is 16.4. The zero-order valence-electron chi connectivity index (χ0n) is 8.14. The number of hydrogen-bond acceptors (Lipinski definition) is 6. The molecule has 12 heavy (non-hydrogen) atoms. The van der Waals surface area contributed by atoms with Gasteiger partial charge in [-0.2, -0.15) is 0 Å². The third-order valence-corrected chi connectivity index (χ3v) is 1.17. The van der Waals surface area contributed by atoms with Crippen LogP contribution in [0.2, 0.25) is 0 Å². The molecule has 5 N–H and O–H groups in total. The average molecular weight is 182 g/mol. The van der Waals surface area contributed by atoms with Gasteiger partial charge in [0.25, 0.3) is 0 Å². The van der Waals surface area contributed by atoms with Crippen molar-refractivity contribution in [3.63, 3.8) is 0 Å². The number of aliphatic hydroxyl groups is 5. The van der Waals surface area contributed by atoms with Crippen LogP contribution in [0.15, 0.2) is 0 Å². The molecule has 0 heterocycles. The number of rotatable bonds is 5. The normalized spacial score (nSPS) is 26.1. The van der Waals surface area contributed by atoms with Crippen LogP contribution in [0.3, 0.4) is 0 Å². The van der Waals surface area contributed by atoms with Crippen LogP contribution in [0, 0.1) is 0 Å². The molecule has 0 aliphatic heterocycles. The smallest absolute Gasteiger partial charge is 0.189 e. The molecule has 0 bridgehead atoms. The molecular weight excluding hydrogens is 168 g/mol. The van der Waals surface area contributed by atoms with Crippen LogP contribution in [0.25, 0.3) is 0 Å². The monoisotopic (exact) mass is 182 g/mol. The minimum absolute atomic E-state index is 1.15. The maximum Gasteiger partial charge on any atom is 0.189 e. The lowest BCUT2D eigenvalue weighted by atomic mass is 10.1. The molecule has 72 valence electrons. The Labute approximate surface area is 71.5 Å². The Bertz CT molecular complexity index is 216. The van der Waals surface area contributed by atoms with Crippen LogP contribution in [0.4, 0.5) is 0 Å². The maximum atomic E-state index is 10.7. The van der Waals surface area contributed by atoms with Gasteiger partial charge in [0.15, 0.2) is 5.78 Å². The first-order valence-corrected chi connectivity index (χ1v) is 3.08. The van der Waals surface area contributed by atoms with Gasteiger partial charge in [-0.3, -0.25) is 4.79 Å². The summed E-state index contributed by atoms with van der Waals surface area (Å²) in [5, 5.41) is 43.8. The molecule has 0 saturated heterocycles. The lowest BCUT2D eigenvalue weighted by Crippen LogP contribution is -2.44. The van der Waals surface area contributed by atoms with E-state index in [1.54, 1.807) is 0 Å². The van der Waals surface area contributed by atoms with E-state index in [-0.39, 0.29) is 0 Å². The van der Waals surface area contributed by atoms with Crippen molar-refractivity contribution >= 4 is 5.78 Å². The van der Waals surface area contributed by atoms with E-state index in [2.05, 4.69) is 0 Å². The summed E-state index contributed by atoms with van der Waals surface area (Å²) in [6, 6.07) is 0. The van der Waals surface area contributed by atoms with Gasteiger partial charge in [-0.15, -0.1) is 0 Å². The fourth-order valence-electron chi connectivity index (χ4n) is 0.478. The second-order valence-electron chi connectivity index (χ2n) is 2.02. The fourth-order valence-corrected chi connectivity index (χ4v) is 0.478. The van der Waals surface area contributed by atoms with Gasteiger partial charge in [0.05, 0.1) is 9.35 Å². The SMILES string of the molecule is [2H][C@](O)([C@H](O)C(=O)CO)[C@]([2H])(O)CO. The van der Waals surface area contributed by atoms with Crippen molar-refractivity contribution in [3.8, 4) is 0 Å². The zero-order valence-corrected chi connectivity index (χ0v) is 6.14. The number of carbonyl (C=O) groups excluding carboxylic acids is 1. The molecule has 0 radical (unpaired) electrons. The van der Waals surface area contributed by atoms with E-state index in [1.165, 1.54) is 0 Å². The van der Waals surface area contributed by atoms with Crippen molar-refractivity contribution in [1.29, 1.82) is 0 Å². The molecule has 0 aliphatic carbocycles. The predicted octanol–water partition coefficient (Wildman–Crippen LogP) is -3.38. The average Bonchev–Trinajstić information content (AvgIpc) is 2.14. The van der Waals surface area contributed by atoms with Crippen molar-refractivity contribution in [2.75, 3.05) is 13.2 Å². The van der Waals surface area contributed by atoms with Crippen LogP contribution >= 0.6 is 0 Å². The number of hydrogen-bond donors (Lipinski definition) is 5. The second kappa shape index (κ2) is 5.18. The Hall–Kier alpha value is -0.530. The molecule has 0 aromatic heterocycles. The molecular formula is C6H12O6. The molecule has 0 rings (SSSR count). The largest absolute Gasteiger partial charge is 0.394 e. The molecule has 0 unspecified atom stereocenters. The lowest BCUT2D eigenvalue weighted by Gasteiger charge is -2.19. The quantitative estimate of drug-likeness (QED) is 0.303. The van der Waals surface area contributed by atoms with E-state index in [0.29, 0.717) is 0 Å². The maximum absolute atomic E-state index is 10.7. The highest BCUT2D eigenvalue weighted by Crippen LogP contribution is 2.00. The van der Waals surface area contributed by atoms with Gasteiger partial charge < -0.3 is 25.5 Å². The van der Waals surface area contributed by atoms with Crippen molar-refractivity contribution in [1.82, 2.24) is 0 Å². The van der Waals surface area contributed by atoms with Crippen LogP contribution < -0.4 is 0 Å². The van der Waals surface area contributed by atoms with Gasteiger partial charge in [-0.05, 0) is 0 Å².